The van der Waals surface area contributed by atoms with Crippen LogP contribution in [-0.2, 0) is 4.74 Å². The van der Waals surface area contributed by atoms with Crippen molar-refractivity contribution < 1.29 is 14.6 Å². The van der Waals surface area contributed by atoms with Gasteiger partial charge in [0.1, 0.15) is 5.60 Å². The molecule has 7 heteroatoms. The molecule has 1 aliphatic heterocycles. The zero-order valence-corrected chi connectivity index (χ0v) is 15.7. The van der Waals surface area contributed by atoms with Crippen LogP contribution in [0.2, 0.25) is 0 Å². The molecule has 1 rings (SSSR count). The lowest BCUT2D eigenvalue weighted by atomic mass is 10.00. The Morgan fingerprint density at radius 3 is 2.67 bits per heavy atom. The molecule has 0 saturated heterocycles. The van der Waals surface area contributed by atoms with Crippen molar-refractivity contribution in [1.29, 1.82) is 0 Å². The highest BCUT2D eigenvalue weighted by Gasteiger charge is 2.37. The van der Waals surface area contributed by atoms with Gasteiger partial charge in [0.2, 0.25) is 0 Å². The molecule has 21 heavy (non-hydrogen) atoms. The van der Waals surface area contributed by atoms with Crippen molar-refractivity contribution in [2.75, 3.05) is 11.1 Å². The van der Waals surface area contributed by atoms with E-state index in [0.29, 0.717) is 11.1 Å². The Balaban J connectivity index is 2.83. The summed E-state index contributed by atoms with van der Waals surface area (Å²) in [6.07, 6.45) is 0.442. The highest BCUT2D eigenvalue weighted by Crippen LogP contribution is 2.31. The van der Waals surface area contributed by atoms with Crippen molar-refractivity contribution in [3.63, 3.8) is 0 Å². The summed E-state index contributed by atoms with van der Waals surface area (Å²) < 4.78 is 5.31. The predicted octanol–water partition coefficient (Wildman–Crippen LogP) is 3.15. The Morgan fingerprint density at radius 2 is 2.24 bits per heavy atom. The lowest BCUT2D eigenvalue weighted by molar-refractivity contribution is 0.0505. The van der Waals surface area contributed by atoms with E-state index in [1.165, 1.54) is 11.8 Å². The number of rotatable bonds is 5. The Kier molecular flexibility index (Phi) is 6.55. The molecule has 0 radical (unpaired) electrons. The molecule has 2 N–H and O–H groups in total. The summed E-state index contributed by atoms with van der Waals surface area (Å²) in [6, 6.07) is -0.233. The molecule has 0 aromatic rings. The summed E-state index contributed by atoms with van der Waals surface area (Å²) in [4.78, 5) is 16.4. The molecule has 5 nitrogen and oxygen atoms in total. The average molecular weight is 381 g/mol. The van der Waals surface area contributed by atoms with E-state index >= 15 is 0 Å². The maximum atomic E-state index is 12.0. The molecule has 0 spiro atoms. The summed E-state index contributed by atoms with van der Waals surface area (Å²) in [5.74, 6) is 0.706. The van der Waals surface area contributed by atoms with E-state index < -0.39 is 17.4 Å². The molecular formula is C14H25BrN2O3S. The highest BCUT2D eigenvalue weighted by atomic mass is 79.9. The number of alkyl halides is 1. The predicted molar refractivity (Wildman–Crippen MR) is 91.2 cm³/mol. The van der Waals surface area contributed by atoms with Crippen molar-refractivity contribution in [3.05, 3.63) is 0 Å². The lowest BCUT2D eigenvalue weighted by Crippen LogP contribution is -2.46. The second kappa shape index (κ2) is 7.33. The first-order chi connectivity index (χ1) is 9.60. The number of alkyl carbamates (subject to hydrolysis) is 1. The van der Waals surface area contributed by atoms with Gasteiger partial charge in [-0.1, -0.05) is 36.2 Å². The van der Waals surface area contributed by atoms with Gasteiger partial charge in [-0.05, 0) is 26.7 Å². The minimum Gasteiger partial charge on any atom is -0.444 e. The number of thioether (sulfide) groups is 1. The van der Waals surface area contributed by atoms with Crippen molar-refractivity contribution in [1.82, 2.24) is 5.32 Å². The third kappa shape index (κ3) is 5.79. The van der Waals surface area contributed by atoms with Crippen molar-refractivity contribution in [2.24, 2.45) is 10.9 Å². The zero-order chi connectivity index (χ0) is 16.3. The van der Waals surface area contributed by atoms with E-state index in [-0.39, 0.29) is 12.0 Å². The Labute approximate surface area is 139 Å². The number of hydrogen-bond acceptors (Lipinski definition) is 5. The molecule has 1 aliphatic rings. The number of carbonyl (C=O) groups excluding carboxylic acids is 1. The van der Waals surface area contributed by atoms with Gasteiger partial charge in [-0.2, -0.15) is 0 Å². The zero-order valence-electron chi connectivity index (χ0n) is 13.3. The first kappa shape index (κ1) is 18.8. The Morgan fingerprint density at radius 1 is 1.62 bits per heavy atom. The fourth-order valence-electron chi connectivity index (χ4n) is 1.80. The molecule has 0 bridgehead atoms. The number of nitrogens with zero attached hydrogens (tertiary/aromatic N) is 1. The van der Waals surface area contributed by atoms with Gasteiger partial charge in [0.25, 0.3) is 0 Å². The second-order valence-corrected chi connectivity index (χ2v) is 7.92. The average Bonchev–Trinajstić information content (AvgIpc) is 2.76. The normalized spacial score (nSPS) is 25.2. The third-order valence-corrected chi connectivity index (χ3v) is 5.28. The number of aliphatic hydroxyl groups is 1. The van der Waals surface area contributed by atoms with Crippen molar-refractivity contribution in [3.8, 4) is 0 Å². The third-order valence-electron chi connectivity index (χ3n) is 3.13. The number of nitrogens with one attached hydrogen (secondary N) is 1. The smallest absolute Gasteiger partial charge is 0.408 e. The van der Waals surface area contributed by atoms with E-state index in [4.69, 9.17) is 4.74 Å². The van der Waals surface area contributed by atoms with Crippen LogP contribution in [0.3, 0.4) is 0 Å². The fourth-order valence-corrected chi connectivity index (χ4v) is 3.64. The van der Waals surface area contributed by atoms with E-state index in [9.17, 15) is 9.90 Å². The molecule has 0 aromatic carbocycles. The van der Waals surface area contributed by atoms with E-state index in [1.807, 2.05) is 20.8 Å². The number of aliphatic imine (C=N–C) groups is 1. The summed E-state index contributed by atoms with van der Waals surface area (Å²) in [5, 5.41) is 14.2. The van der Waals surface area contributed by atoms with E-state index in [2.05, 4.69) is 40.1 Å². The van der Waals surface area contributed by atoms with Crippen LogP contribution < -0.4 is 5.32 Å². The molecule has 0 fully saturated rings. The molecular weight excluding hydrogens is 356 g/mol. The number of halogens is 1. The first-order valence-electron chi connectivity index (χ1n) is 7.10. The molecule has 0 aliphatic carbocycles. The maximum absolute atomic E-state index is 12.0. The molecule has 1 heterocycles. The summed E-state index contributed by atoms with van der Waals surface area (Å²) in [6.45, 7) is 9.60. The molecule has 0 saturated carbocycles. The van der Waals surface area contributed by atoms with Gasteiger partial charge >= 0.3 is 6.09 Å². The van der Waals surface area contributed by atoms with E-state index in [1.54, 1.807) is 0 Å². The van der Waals surface area contributed by atoms with Gasteiger partial charge < -0.3 is 15.2 Å². The molecule has 1 unspecified atom stereocenters. The van der Waals surface area contributed by atoms with Gasteiger partial charge in [0.15, 0.2) is 5.72 Å². The fraction of sp³-hybridized carbons (Fsp3) is 0.857. The summed E-state index contributed by atoms with van der Waals surface area (Å²) in [5.41, 5.74) is -1.62. The topological polar surface area (TPSA) is 70.9 Å². The minimum absolute atomic E-state index is 0.210. The Hall–Kier alpha value is -0.270. The van der Waals surface area contributed by atoms with Crippen LogP contribution in [-0.4, -0.2) is 44.7 Å². The van der Waals surface area contributed by atoms with Crippen LogP contribution in [0.15, 0.2) is 4.99 Å². The van der Waals surface area contributed by atoms with Crippen LogP contribution in [0, 0.1) is 5.92 Å². The number of carbonyl (C=O) groups is 1. The minimum atomic E-state index is -1.08. The van der Waals surface area contributed by atoms with Gasteiger partial charge in [-0.3, -0.25) is 0 Å². The summed E-state index contributed by atoms with van der Waals surface area (Å²) >= 11 is 4.76. The van der Waals surface area contributed by atoms with Crippen molar-refractivity contribution >= 4 is 38.8 Å². The molecule has 122 valence electrons. The van der Waals surface area contributed by atoms with Gasteiger partial charge in [-0.25, -0.2) is 9.79 Å². The Bertz CT molecular complexity index is 412. The highest BCUT2D eigenvalue weighted by molar-refractivity contribution is 9.09. The molecule has 3 atom stereocenters. The van der Waals surface area contributed by atoms with Crippen molar-refractivity contribution in [2.45, 2.75) is 58.4 Å². The van der Waals surface area contributed by atoms with Crippen LogP contribution in [0.5, 0.6) is 0 Å². The summed E-state index contributed by atoms with van der Waals surface area (Å²) in [7, 11) is 0. The number of amides is 1. The SMILES string of the molecule is CC[C@H](C)[C@H](NC(=O)OC(C)(C)C)C1=NC(O)(CBr)CS1. The molecule has 1 amide bonds. The van der Waals surface area contributed by atoms with E-state index in [0.717, 1.165) is 11.5 Å². The van der Waals surface area contributed by atoms with Gasteiger partial charge in [0, 0.05) is 5.75 Å². The number of ether oxygens (including phenoxy) is 1. The van der Waals surface area contributed by atoms with Gasteiger partial charge in [-0.15, -0.1) is 11.8 Å². The maximum Gasteiger partial charge on any atom is 0.408 e. The number of hydrogen-bond donors (Lipinski definition) is 2. The monoisotopic (exact) mass is 380 g/mol. The molecule has 0 aromatic heterocycles. The second-order valence-electron chi connectivity index (χ2n) is 6.36. The van der Waals surface area contributed by atoms with Crippen LogP contribution in [0.1, 0.15) is 41.0 Å². The lowest BCUT2D eigenvalue weighted by Gasteiger charge is -2.26. The van der Waals surface area contributed by atoms with Crippen LogP contribution in [0.4, 0.5) is 4.79 Å². The van der Waals surface area contributed by atoms with Crippen LogP contribution >= 0.6 is 27.7 Å². The largest absolute Gasteiger partial charge is 0.444 e. The first-order valence-corrected chi connectivity index (χ1v) is 9.21. The standard InChI is InChI=1S/C14H25BrN2O3S/c1-6-9(2)10(16-12(18)20-13(3,4)5)11-17-14(19,7-15)8-21-11/h9-10,19H,6-8H2,1-5H3,(H,16,18)/t9-,10-,14?/m0/s1. The van der Waals surface area contributed by atoms with Gasteiger partial charge in [0.05, 0.1) is 16.4 Å². The van der Waals surface area contributed by atoms with Crippen LogP contribution in [0.25, 0.3) is 0 Å². The quantitative estimate of drug-likeness (QED) is 0.718.